The zero-order valence-corrected chi connectivity index (χ0v) is 22.7. The van der Waals surface area contributed by atoms with Gasteiger partial charge in [0, 0.05) is 65.6 Å². The number of carboxylic acid groups (broad SMARTS) is 1. The molecule has 0 radical (unpaired) electrons. The third-order valence-electron chi connectivity index (χ3n) is 7.48. The van der Waals surface area contributed by atoms with E-state index in [1.54, 1.807) is 12.4 Å². The molecule has 0 unspecified atom stereocenters. The number of aromatic nitrogens is 3. The Morgan fingerprint density at radius 3 is 2.58 bits per heavy atom. The number of anilines is 1. The average Bonchev–Trinajstić information content (AvgIpc) is 3.65. The van der Waals surface area contributed by atoms with E-state index in [4.69, 9.17) is 37.2 Å². The van der Waals surface area contributed by atoms with E-state index in [2.05, 4.69) is 32.2 Å². The normalized spacial score (nSPS) is 17.8. The van der Waals surface area contributed by atoms with Crippen LogP contribution in [0.3, 0.4) is 0 Å². The summed E-state index contributed by atoms with van der Waals surface area (Å²) >= 11 is 12.9. The number of hydrogen-bond acceptors (Lipinski definition) is 8. The molecule has 40 heavy (non-hydrogen) atoms. The molecule has 0 amide bonds. The number of nitrogens with zero attached hydrogens (tertiary/aromatic N) is 4. The third kappa shape index (κ3) is 4.68. The predicted molar refractivity (Wildman–Crippen MR) is 150 cm³/mol. The second-order valence-corrected chi connectivity index (χ2v) is 11.2. The van der Waals surface area contributed by atoms with Gasteiger partial charge in [-0.15, -0.1) is 0 Å². The van der Waals surface area contributed by atoms with Crippen molar-refractivity contribution < 1.29 is 23.9 Å². The third-order valence-corrected chi connectivity index (χ3v) is 8.05. The van der Waals surface area contributed by atoms with Gasteiger partial charge in [0.05, 0.1) is 28.8 Å². The summed E-state index contributed by atoms with van der Waals surface area (Å²) in [6.07, 6.45) is 9.46. The highest BCUT2D eigenvalue weighted by molar-refractivity contribution is 6.39. The summed E-state index contributed by atoms with van der Waals surface area (Å²) in [7, 11) is 0. The minimum absolute atomic E-state index is 0.0438. The molecule has 4 aromatic rings. The number of aromatic carboxylic acids is 1. The van der Waals surface area contributed by atoms with Crippen molar-refractivity contribution in [1.29, 1.82) is 0 Å². The molecule has 11 heteroatoms. The highest BCUT2D eigenvalue weighted by Crippen LogP contribution is 2.46. The number of rotatable bonds is 8. The topological polar surface area (TPSA) is 111 Å². The van der Waals surface area contributed by atoms with Crippen molar-refractivity contribution in [3.8, 4) is 17.0 Å². The summed E-state index contributed by atoms with van der Waals surface area (Å²) < 4.78 is 17.0. The molecule has 2 saturated heterocycles. The Labute approximate surface area is 239 Å². The molecular weight excluding hydrogens is 555 g/mol. The summed E-state index contributed by atoms with van der Waals surface area (Å²) in [6, 6.07) is 7.31. The van der Waals surface area contributed by atoms with Crippen molar-refractivity contribution in [3.63, 3.8) is 0 Å². The fourth-order valence-electron chi connectivity index (χ4n) is 5.05. The first-order valence-corrected chi connectivity index (χ1v) is 13.8. The highest BCUT2D eigenvalue weighted by atomic mass is 35.5. The molecule has 0 atom stereocenters. The van der Waals surface area contributed by atoms with Crippen molar-refractivity contribution in [2.75, 3.05) is 31.2 Å². The van der Waals surface area contributed by atoms with Gasteiger partial charge in [0.1, 0.15) is 23.3 Å². The standard InChI is InChI=1S/C29H24Cl2N4O5/c30-21-9-32-10-22(31)26(21)27-19(28(40-34-27)16-2-3-16)5-1-15-11-35(12-15)17-4-6-23-20(7-17)25(39-18-13-38-14-18)8-24(33-23)29(36)37/h1,4-10,15-16,18H,2-3,11-14H2,(H,36,37). The van der Waals surface area contributed by atoms with Crippen LogP contribution in [0.4, 0.5) is 5.69 Å². The number of benzene rings is 1. The number of fused-ring (bicyclic) bond motifs is 1. The zero-order valence-electron chi connectivity index (χ0n) is 21.2. The molecule has 9 nitrogen and oxygen atoms in total. The average molecular weight is 579 g/mol. The van der Waals surface area contributed by atoms with Gasteiger partial charge in [-0.2, -0.15) is 0 Å². The van der Waals surface area contributed by atoms with E-state index >= 15 is 0 Å². The summed E-state index contributed by atoms with van der Waals surface area (Å²) in [5, 5.41) is 15.5. The van der Waals surface area contributed by atoms with E-state index in [9.17, 15) is 9.90 Å². The second-order valence-electron chi connectivity index (χ2n) is 10.4. The lowest BCUT2D eigenvalue weighted by molar-refractivity contribution is -0.0791. The van der Waals surface area contributed by atoms with Gasteiger partial charge < -0.3 is 24.0 Å². The van der Waals surface area contributed by atoms with Crippen LogP contribution >= 0.6 is 23.2 Å². The molecule has 3 aliphatic rings. The lowest BCUT2D eigenvalue weighted by Crippen LogP contribution is -2.45. The van der Waals surface area contributed by atoms with Crippen LogP contribution in [0.1, 0.15) is 40.6 Å². The van der Waals surface area contributed by atoms with Crippen molar-refractivity contribution >= 4 is 51.8 Å². The first kappa shape index (κ1) is 25.3. The van der Waals surface area contributed by atoms with Gasteiger partial charge in [-0.1, -0.05) is 40.5 Å². The van der Waals surface area contributed by atoms with Crippen LogP contribution in [0.15, 0.2) is 47.3 Å². The first-order valence-electron chi connectivity index (χ1n) is 13.1. The van der Waals surface area contributed by atoms with E-state index in [0.29, 0.717) is 57.6 Å². The van der Waals surface area contributed by atoms with Crippen molar-refractivity contribution in [1.82, 2.24) is 15.1 Å². The minimum Gasteiger partial charge on any atom is -0.485 e. The Morgan fingerprint density at radius 1 is 1.12 bits per heavy atom. The molecule has 5 heterocycles. The van der Waals surface area contributed by atoms with E-state index in [0.717, 1.165) is 48.3 Å². The zero-order chi connectivity index (χ0) is 27.4. The SMILES string of the molecule is O=C(O)c1cc(OC2COC2)c2cc(N3CC(C=Cc4c(-c5c(Cl)cncc5Cl)noc4C4CC4)C3)ccc2n1. The number of pyridine rings is 2. The van der Waals surface area contributed by atoms with E-state index < -0.39 is 5.97 Å². The van der Waals surface area contributed by atoms with Gasteiger partial charge in [0.2, 0.25) is 0 Å². The Kier molecular flexibility index (Phi) is 6.37. The maximum Gasteiger partial charge on any atom is 0.354 e. The number of carboxylic acids is 1. The van der Waals surface area contributed by atoms with Crippen LogP contribution in [0, 0.1) is 5.92 Å². The quantitative estimate of drug-likeness (QED) is 0.265. The van der Waals surface area contributed by atoms with Crippen molar-refractivity contribution in [2.24, 2.45) is 5.92 Å². The van der Waals surface area contributed by atoms with Gasteiger partial charge in [-0.3, -0.25) is 4.98 Å². The van der Waals surface area contributed by atoms with Crippen LogP contribution < -0.4 is 9.64 Å². The molecule has 7 rings (SSSR count). The van der Waals surface area contributed by atoms with Gasteiger partial charge in [0.25, 0.3) is 0 Å². The molecule has 1 aromatic carbocycles. The molecule has 1 aliphatic carbocycles. The Balaban J connectivity index is 1.12. The monoisotopic (exact) mass is 578 g/mol. The molecule has 0 bridgehead atoms. The molecule has 1 saturated carbocycles. The van der Waals surface area contributed by atoms with Gasteiger partial charge in [-0.05, 0) is 31.0 Å². The highest BCUT2D eigenvalue weighted by Gasteiger charge is 2.33. The van der Waals surface area contributed by atoms with Crippen LogP contribution in [0.2, 0.25) is 10.0 Å². The molecule has 3 fully saturated rings. The maximum absolute atomic E-state index is 11.6. The molecule has 0 spiro atoms. The largest absolute Gasteiger partial charge is 0.485 e. The molecule has 3 aromatic heterocycles. The lowest BCUT2D eigenvalue weighted by atomic mass is 9.96. The van der Waals surface area contributed by atoms with E-state index in [1.807, 2.05) is 18.2 Å². The second kappa shape index (κ2) is 10.1. The fourth-order valence-corrected chi connectivity index (χ4v) is 5.60. The summed E-state index contributed by atoms with van der Waals surface area (Å²) in [5.74, 6) is 0.986. The van der Waals surface area contributed by atoms with Crippen LogP contribution in [0.5, 0.6) is 5.75 Å². The molecule has 2 aliphatic heterocycles. The van der Waals surface area contributed by atoms with Crippen molar-refractivity contribution in [3.05, 3.63) is 69.8 Å². The van der Waals surface area contributed by atoms with Gasteiger partial charge in [0.15, 0.2) is 5.69 Å². The number of hydrogen-bond donors (Lipinski definition) is 1. The molecule has 204 valence electrons. The first-order chi connectivity index (χ1) is 19.4. The maximum atomic E-state index is 11.6. The summed E-state index contributed by atoms with van der Waals surface area (Å²) in [4.78, 5) is 22.2. The van der Waals surface area contributed by atoms with E-state index in [1.165, 1.54) is 6.07 Å². The van der Waals surface area contributed by atoms with Crippen molar-refractivity contribution in [2.45, 2.75) is 24.9 Å². The minimum atomic E-state index is -1.09. The van der Waals surface area contributed by atoms with Gasteiger partial charge in [-0.25, -0.2) is 9.78 Å². The van der Waals surface area contributed by atoms with Crippen LogP contribution in [0.25, 0.3) is 28.2 Å². The number of halogens is 2. The Morgan fingerprint density at radius 2 is 1.90 bits per heavy atom. The van der Waals surface area contributed by atoms with E-state index in [-0.39, 0.29) is 11.8 Å². The Bertz CT molecular complexity index is 1640. The number of ether oxygens (including phenoxy) is 2. The fraction of sp³-hybridized carbons (Fsp3) is 0.310. The summed E-state index contributed by atoms with van der Waals surface area (Å²) in [6.45, 7) is 2.63. The molecular formula is C29H24Cl2N4O5. The predicted octanol–water partition coefficient (Wildman–Crippen LogP) is 6.09. The molecule has 1 N–H and O–H groups in total. The lowest BCUT2D eigenvalue weighted by Gasteiger charge is -2.40. The van der Waals surface area contributed by atoms with Crippen LogP contribution in [-0.2, 0) is 4.74 Å². The number of carbonyl (C=O) groups is 1. The van der Waals surface area contributed by atoms with Gasteiger partial charge >= 0.3 is 5.97 Å². The smallest absolute Gasteiger partial charge is 0.354 e. The Hall–Kier alpha value is -3.66. The van der Waals surface area contributed by atoms with Crippen LogP contribution in [-0.4, -0.2) is 58.6 Å². The summed E-state index contributed by atoms with van der Waals surface area (Å²) in [5.41, 5.74) is 3.75.